The van der Waals surface area contributed by atoms with Crippen molar-refractivity contribution in [3.63, 3.8) is 0 Å². The van der Waals surface area contributed by atoms with Crippen molar-refractivity contribution < 1.29 is 4.74 Å². The van der Waals surface area contributed by atoms with Gasteiger partial charge >= 0.3 is 0 Å². The molecule has 2 rings (SSSR count). The van der Waals surface area contributed by atoms with Gasteiger partial charge in [-0.3, -0.25) is 4.90 Å². The average Bonchev–Trinajstić information content (AvgIpc) is 2.39. The number of hydrogen-bond acceptors (Lipinski definition) is 3. The van der Waals surface area contributed by atoms with E-state index in [0.29, 0.717) is 12.6 Å². The van der Waals surface area contributed by atoms with E-state index in [4.69, 9.17) is 10.5 Å². The molecule has 1 aliphatic rings. The van der Waals surface area contributed by atoms with Gasteiger partial charge in [-0.25, -0.2) is 0 Å². The molecule has 0 aromatic heterocycles. The van der Waals surface area contributed by atoms with Crippen LogP contribution >= 0.6 is 15.9 Å². The van der Waals surface area contributed by atoms with Crippen LogP contribution in [0.2, 0.25) is 0 Å². The van der Waals surface area contributed by atoms with E-state index < -0.39 is 0 Å². The number of hydrogen-bond donors (Lipinski definition) is 1. The van der Waals surface area contributed by atoms with Crippen LogP contribution < -0.4 is 5.73 Å². The Labute approximate surface area is 111 Å². The summed E-state index contributed by atoms with van der Waals surface area (Å²) in [7, 11) is 0. The molecule has 0 radical (unpaired) electrons. The maximum absolute atomic E-state index is 5.67. The lowest BCUT2D eigenvalue weighted by molar-refractivity contribution is -0.0364. The summed E-state index contributed by atoms with van der Waals surface area (Å²) in [5, 5.41) is 0. The van der Waals surface area contributed by atoms with Gasteiger partial charge in [0, 0.05) is 30.1 Å². The van der Waals surface area contributed by atoms with Crippen LogP contribution in [0.25, 0.3) is 0 Å². The van der Waals surface area contributed by atoms with E-state index in [1.54, 1.807) is 0 Å². The molecular weight excluding hydrogens is 280 g/mol. The van der Waals surface area contributed by atoms with Crippen LogP contribution in [0.5, 0.6) is 0 Å². The van der Waals surface area contributed by atoms with Gasteiger partial charge < -0.3 is 10.5 Å². The minimum Gasteiger partial charge on any atom is -0.374 e. The Morgan fingerprint density at radius 2 is 2.18 bits per heavy atom. The van der Waals surface area contributed by atoms with Crippen molar-refractivity contribution in [1.29, 1.82) is 0 Å². The topological polar surface area (TPSA) is 38.5 Å². The molecule has 3 nitrogen and oxygen atoms in total. The summed E-state index contributed by atoms with van der Waals surface area (Å²) in [6.07, 6.45) is 0.182. The minimum absolute atomic E-state index is 0.182. The second-order valence-corrected chi connectivity index (χ2v) is 5.37. The Morgan fingerprint density at radius 1 is 1.47 bits per heavy atom. The zero-order chi connectivity index (χ0) is 12.3. The summed E-state index contributed by atoms with van der Waals surface area (Å²) in [4.78, 5) is 2.43. The highest BCUT2D eigenvalue weighted by Gasteiger charge is 2.23. The number of halogens is 1. The van der Waals surface area contributed by atoms with E-state index in [0.717, 1.165) is 24.2 Å². The van der Waals surface area contributed by atoms with Crippen molar-refractivity contribution in [3.05, 3.63) is 34.3 Å². The lowest BCUT2D eigenvalue weighted by atomic mass is 10.1. The highest BCUT2D eigenvalue weighted by atomic mass is 79.9. The lowest BCUT2D eigenvalue weighted by Gasteiger charge is -2.36. The molecule has 0 spiro atoms. The maximum Gasteiger partial charge on any atom is 0.0824 e. The summed E-state index contributed by atoms with van der Waals surface area (Å²) in [6.45, 7) is 5.52. The quantitative estimate of drug-likeness (QED) is 0.929. The first kappa shape index (κ1) is 13.0. The molecule has 2 atom stereocenters. The third kappa shape index (κ3) is 3.28. The Balaban J connectivity index is 2.03. The summed E-state index contributed by atoms with van der Waals surface area (Å²) in [6, 6.07) is 8.93. The van der Waals surface area contributed by atoms with Gasteiger partial charge in [0.2, 0.25) is 0 Å². The number of nitrogens with two attached hydrogens (primary N) is 1. The molecule has 0 amide bonds. The van der Waals surface area contributed by atoms with Gasteiger partial charge in [0.1, 0.15) is 0 Å². The van der Waals surface area contributed by atoms with E-state index in [1.807, 2.05) is 0 Å². The van der Waals surface area contributed by atoms with Crippen LogP contribution in [-0.4, -0.2) is 37.2 Å². The van der Waals surface area contributed by atoms with Crippen molar-refractivity contribution in [1.82, 2.24) is 4.90 Å². The standard InChI is InChI=1S/C13H19BrN2O/c1-10(11-2-4-12(14)5-3-11)16-6-7-17-13(8-15)9-16/h2-5,10,13H,6-9,15H2,1H3. The second-order valence-electron chi connectivity index (χ2n) is 4.45. The second kappa shape index (κ2) is 5.96. The number of ether oxygens (including phenoxy) is 1. The molecule has 1 saturated heterocycles. The molecule has 0 aliphatic carbocycles. The largest absolute Gasteiger partial charge is 0.374 e. The SMILES string of the molecule is CC(c1ccc(Br)cc1)N1CCOC(CN)C1. The predicted octanol–water partition coefficient (Wildman–Crippen LogP) is 2.17. The van der Waals surface area contributed by atoms with Gasteiger partial charge in [0.25, 0.3) is 0 Å². The first-order valence-electron chi connectivity index (χ1n) is 6.02. The lowest BCUT2D eigenvalue weighted by Crippen LogP contribution is -2.46. The van der Waals surface area contributed by atoms with Gasteiger partial charge in [-0.05, 0) is 24.6 Å². The molecule has 1 aliphatic heterocycles. The van der Waals surface area contributed by atoms with Gasteiger partial charge in [0.05, 0.1) is 12.7 Å². The number of nitrogens with zero attached hydrogens (tertiary/aromatic N) is 1. The van der Waals surface area contributed by atoms with Crippen molar-refractivity contribution in [2.45, 2.75) is 19.1 Å². The third-order valence-electron chi connectivity index (χ3n) is 3.33. The van der Waals surface area contributed by atoms with Gasteiger partial charge in [0.15, 0.2) is 0 Å². The van der Waals surface area contributed by atoms with E-state index >= 15 is 0 Å². The molecule has 17 heavy (non-hydrogen) atoms. The van der Waals surface area contributed by atoms with Crippen LogP contribution in [-0.2, 0) is 4.74 Å². The monoisotopic (exact) mass is 298 g/mol. The van der Waals surface area contributed by atoms with Crippen molar-refractivity contribution in [3.8, 4) is 0 Å². The Hall–Kier alpha value is -0.420. The van der Waals surface area contributed by atoms with E-state index in [2.05, 4.69) is 52.0 Å². The molecule has 94 valence electrons. The van der Waals surface area contributed by atoms with Crippen molar-refractivity contribution in [2.24, 2.45) is 5.73 Å². The summed E-state index contributed by atoms with van der Waals surface area (Å²) < 4.78 is 6.71. The van der Waals surface area contributed by atoms with Crippen LogP contribution in [0.1, 0.15) is 18.5 Å². The van der Waals surface area contributed by atoms with Crippen molar-refractivity contribution in [2.75, 3.05) is 26.2 Å². The number of benzene rings is 1. The van der Waals surface area contributed by atoms with Crippen LogP contribution in [0, 0.1) is 0 Å². The highest BCUT2D eigenvalue weighted by molar-refractivity contribution is 9.10. The first-order chi connectivity index (χ1) is 8.20. The van der Waals surface area contributed by atoms with Crippen molar-refractivity contribution >= 4 is 15.9 Å². The van der Waals surface area contributed by atoms with E-state index in [1.165, 1.54) is 5.56 Å². The fourth-order valence-corrected chi connectivity index (χ4v) is 2.45. The third-order valence-corrected chi connectivity index (χ3v) is 3.86. The van der Waals surface area contributed by atoms with E-state index in [9.17, 15) is 0 Å². The van der Waals surface area contributed by atoms with Crippen LogP contribution in [0.15, 0.2) is 28.7 Å². The highest BCUT2D eigenvalue weighted by Crippen LogP contribution is 2.23. The van der Waals surface area contributed by atoms with Gasteiger partial charge in [-0.15, -0.1) is 0 Å². The molecule has 0 saturated carbocycles. The first-order valence-corrected chi connectivity index (χ1v) is 6.81. The number of morpholine rings is 1. The zero-order valence-electron chi connectivity index (χ0n) is 10.1. The molecule has 4 heteroatoms. The Morgan fingerprint density at radius 3 is 2.82 bits per heavy atom. The van der Waals surface area contributed by atoms with E-state index in [-0.39, 0.29) is 6.10 Å². The molecule has 1 fully saturated rings. The van der Waals surface area contributed by atoms with Crippen LogP contribution in [0.4, 0.5) is 0 Å². The fraction of sp³-hybridized carbons (Fsp3) is 0.538. The summed E-state index contributed by atoms with van der Waals surface area (Å²) in [5.41, 5.74) is 7.01. The smallest absolute Gasteiger partial charge is 0.0824 e. The average molecular weight is 299 g/mol. The Kier molecular flexibility index (Phi) is 4.56. The number of rotatable bonds is 3. The molecule has 1 aromatic rings. The molecule has 0 bridgehead atoms. The maximum atomic E-state index is 5.67. The summed E-state index contributed by atoms with van der Waals surface area (Å²) in [5.74, 6) is 0. The van der Waals surface area contributed by atoms with Gasteiger partial charge in [-0.1, -0.05) is 28.1 Å². The molecule has 2 N–H and O–H groups in total. The Bertz CT molecular complexity index is 355. The van der Waals surface area contributed by atoms with Gasteiger partial charge in [-0.2, -0.15) is 0 Å². The minimum atomic E-state index is 0.182. The normalized spacial score (nSPS) is 23.6. The van der Waals surface area contributed by atoms with Crippen LogP contribution in [0.3, 0.4) is 0 Å². The molecular formula is C13H19BrN2O. The predicted molar refractivity (Wildman–Crippen MR) is 72.9 cm³/mol. The molecule has 2 unspecified atom stereocenters. The zero-order valence-corrected chi connectivity index (χ0v) is 11.7. The summed E-state index contributed by atoms with van der Waals surface area (Å²) >= 11 is 3.46. The molecule has 1 heterocycles. The molecule has 1 aromatic carbocycles. The fourth-order valence-electron chi connectivity index (χ4n) is 2.19.